The molecule has 2 saturated heterocycles. The minimum absolute atomic E-state index is 0.0240. The second-order valence-corrected chi connectivity index (χ2v) is 9.09. The van der Waals surface area contributed by atoms with Gasteiger partial charge in [0.1, 0.15) is 5.75 Å². The van der Waals surface area contributed by atoms with E-state index in [1.165, 1.54) is 5.56 Å². The van der Waals surface area contributed by atoms with E-state index in [0.29, 0.717) is 19.5 Å². The van der Waals surface area contributed by atoms with E-state index in [1.54, 1.807) is 7.11 Å². The fourth-order valence-corrected chi connectivity index (χ4v) is 5.25. The van der Waals surface area contributed by atoms with E-state index in [1.807, 2.05) is 17.0 Å². The lowest BCUT2D eigenvalue weighted by atomic mass is 10.1. The molecule has 1 amide bonds. The first kappa shape index (κ1) is 18.2. The van der Waals surface area contributed by atoms with Crippen molar-refractivity contribution in [3.8, 4) is 5.75 Å². The summed E-state index contributed by atoms with van der Waals surface area (Å²) in [5.74, 6) is 0.755. The van der Waals surface area contributed by atoms with Crippen molar-refractivity contribution in [2.24, 2.45) is 5.92 Å². The van der Waals surface area contributed by atoms with Crippen LogP contribution in [0.1, 0.15) is 12.0 Å². The van der Waals surface area contributed by atoms with Gasteiger partial charge in [-0.25, -0.2) is 8.42 Å². The molecule has 1 unspecified atom stereocenters. The Morgan fingerprint density at radius 3 is 2.40 bits per heavy atom. The largest absolute Gasteiger partial charge is 0.497 e. The molecule has 0 bridgehead atoms. The molecule has 2 fully saturated rings. The number of nitrogens with zero attached hydrogens (tertiary/aromatic N) is 2. The second kappa shape index (κ2) is 7.74. The topological polar surface area (TPSA) is 66.9 Å². The number of piperazine rings is 1. The van der Waals surface area contributed by atoms with E-state index in [4.69, 9.17) is 4.74 Å². The Hall–Kier alpha value is -1.60. The first-order chi connectivity index (χ1) is 12.0. The third-order valence-corrected chi connectivity index (χ3v) is 6.91. The quantitative estimate of drug-likeness (QED) is 0.772. The summed E-state index contributed by atoms with van der Waals surface area (Å²) in [6, 6.07) is 8.11. The van der Waals surface area contributed by atoms with E-state index in [2.05, 4.69) is 17.0 Å². The highest BCUT2D eigenvalue weighted by Crippen LogP contribution is 2.21. The molecule has 138 valence electrons. The van der Waals surface area contributed by atoms with Crippen LogP contribution in [-0.4, -0.2) is 75.5 Å². The molecule has 1 atom stereocenters. The zero-order valence-electron chi connectivity index (χ0n) is 14.7. The highest BCUT2D eigenvalue weighted by atomic mass is 32.2. The molecule has 1 aromatic rings. The Morgan fingerprint density at radius 2 is 1.84 bits per heavy atom. The van der Waals surface area contributed by atoms with Crippen molar-refractivity contribution >= 4 is 15.7 Å². The molecule has 3 rings (SSSR count). The highest BCUT2D eigenvalue weighted by Gasteiger charge is 2.36. The summed E-state index contributed by atoms with van der Waals surface area (Å²) in [4.78, 5) is 16.7. The fraction of sp³-hybridized carbons (Fsp3) is 0.611. The van der Waals surface area contributed by atoms with E-state index < -0.39 is 9.84 Å². The standard InChI is InChI=1S/C18H26N2O4S/c1-24-17-4-2-15(3-5-17)6-8-19-9-11-20(12-10-19)18(21)16-7-13-25(22,23)14-16/h2-5,16H,6-14H2,1H3. The van der Waals surface area contributed by atoms with Crippen LogP contribution in [0.25, 0.3) is 0 Å². The number of rotatable bonds is 5. The Morgan fingerprint density at radius 1 is 1.16 bits per heavy atom. The zero-order valence-corrected chi connectivity index (χ0v) is 15.5. The molecule has 6 nitrogen and oxygen atoms in total. The second-order valence-electron chi connectivity index (χ2n) is 6.86. The lowest BCUT2D eigenvalue weighted by Gasteiger charge is -2.35. The third kappa shape index (κ3) is 4.73. The average Bonchev–Trinajstić information content (AvgIpc) is 3.00. The summed E-state index contributed by atoms with van der Waals surface area (Å²) in [6.45, 7) is 4.05. The van der Waals surface area contributed by atoms with Crippen LogP contribution >= 0.6 is 0 Å². The predicted molar refractivity (Wildman–Crippen MR) is 96.5 cm³/mol. The van der Waals surface area contributed by atoms with Gasteiger partial charge in [0.05, 0.1) is 24.5 Å². The number of benzene rings is 1. The molecule has 0 radical (unpaired) electrons. The Bertz CT molecular complexity index is 694. The van der Waals surface area contributed by atoms with E-state index in [-0.39, 0.29) is 23.3 Å². The van der Waals surface area contributed by atoms with Gasteiger partial charge < -0.3 is 9.64 Å². The summed E-state index contributed by atoms with van der Waals surface area (Å²) in [5.41, 5.74) is 1.27. The number of hydrogen-bond donors (Lipinski definition) is 0. The molecule has 2 aliphatic heterocycles. The Kier molecular flexibility index (Phi) is 5.64. The third-order valence-electron chi connectivity index (χ3n) is 5.14. The monoisotopic (exact) mass is 366 g/mol. The maximum Gasteiger partial charge on any atom is 0.226 e. The lowest BCUT2D eigenvalue weighted by Crippen LogP contribution is -2.50. The van der Waals surface area contributed by atoms with Crippen LogP contribution in [0, 0.1) is 5.92 Å². The van der Waals surface area contributed by atoms with E-state index in [9.17, 15) is 13.2 Å². The van der Waals surface area contributed by atoms with Crippen molar-refractivity contribution in [3.63, 3.8) is 0 Å². The maximum absolute atomic E-state index is 12.5. The first-order valence-electron chi connectivity index (χ1n) is 8.81. The molecular formula is C18H26N2O4S. The van der Waals surface area contributed by atoms with Crippen LogP contribution in [-0.2, 0) is 21.1 Å². The molecule has 0 aromatic heterocycles. The van der Waals surface area contributed by atoms with Gasteiger partial charge in [0, 0.05) is 32.7 Å². The van der Waals surface area contributed by atoms with Crippen LogP contribution < -0.4 is 4.74 Å². The number of carbonyl (C=O) groups is 1. The van der Waals surface area contributed by atoms with Crippen molar-refractivity contribution in [1.82, 2.24) is 9.80 Å². The summed E-state index contributed by atoms with van der Waals surface area (Å²) in [6.07, 6.45) is 1.46. The van der Waals surface area contributed by atoms with Crippen molar-refractivity contribution < 1.29 is 17.9 Å². The zero-order chi connectivity index (χ0) is 17.9. The minimum Gasteiger partial charge on any atom is -0.497 e. The van der Waals surface area contributed by atoms with Crippen LogP contribution in [0.2, 0.25) is 0 Å². The van der Waals surface area contributed by atoms with Gasteiger partial charge in [0.25, 0.3) is 0 Å². The van der Waals surface area contributed by atoms with Gasteiger partial charge in [-0.3, -0.25) is 9.69 Å². The number of methoxy groups -OCH3 is 1. The molecular weight excluding hydrogens is 340 g/mol. The van der Waals surface area contributed by atoms with Gasteiger partial charge in [-0.2, -0.15) is 0 Å². The van der Waals surface area contributed by atoms with Gasteiger partial charge in [-0.05, 0) is 30.5 Å². The molecule has 1 aromatic carbocycles. The number of amides is 1. The molecule has 0 spiro atoms. The van der Waals surface area contributed by atoms with Crippen LogP contribution in [0.5, 0.6) is 5.75 Å². The predicted octanol–water partition coefficient (Wildman–Crippen LogP) is 0.817. The molecule has 0 aliphatic carbocycles. The number of hydrogen-bond acceptors (Lipinski definition) is 5. The van der Waals surface area contributed by atoms with E-state index >= 15 is 0 Å². The van der Waals surface area contributed by atoms with Gasteiger partial charge >= 0.3 is 0 Å². The van der Waals surface area contributed by atoms with Crippen molar-refractivity contribution in [2.75, 3.05) is 51.3 Å². The van der Waals surface area contributed by atoms with Crippen molar-refractivity contribution in [2.45, 2.75) is 12.8 Å². The summed E-state index contributed by atoms with van der Waals surface area (Å²) in [7, 11) is -1.34. The van der Waals surface area contributed by atoms with Gasteiger partial charge in [0.15, 0.2) is 9.84 Å². The molecule has 25 heavy (non-hydrogen) atoms. The van der Waals surface area contributed by atoms with Crippen LogP contribution in [0.4, 0.5) is 0 Å². The molecule has 2 heterocycles. The van der Waals surface area contributed by atoms with Gasteiger partial charge in [-0.15, -0.1) is 0 Å². The SMILES string of the molecule is COc1ccc(CCN2CCN(C(=O)C3CCS(=O)(=O)C3)CC2)cc1. The summed E-state index contributed by atoms with van der Waals surface area (Å²) < 4.78 is 28.3. The van der Waals surface area contributed by atoms with Gasteiger partial charge in [-0.1, -0.05) is 12.1 Å². The van der Waals surface area contributed by atoms with Crippen LogP contribution in [0.3, 0.4) is 0 Å². The summed E-state index contributed by atoms with van der Waals surface area (Å²) >= 11 is 0. The number of sulfone groups is 1. The Balaban J connectivity index is 1.43. The average molecular weight is 366 g/mol. The van der Waals surface area contributed by atoms with Crippen LogP contribution in [0.15, 0.2) is 24.3 Å². The highest BCUT2D eigenvalue weighted by molar-refractivity contribution is 7.91. The minimum atomic E-state index is -3.00. The molecule has 0 N–H and O–H groups in total. The Labute approximate surface area is 149 Å². The van der Waals surface area contributed by atoms with Crippen molar-refractivity contribution in [3.05, 3.63) is 29.8 Å². The van der Waals surface area contributed by atoms with Crippen molar-refractivity contribution in [1.29, 1.82) is 0 Å². The smallest absolute Gasteiger partial charge is 0.226 e. The number of carbonyl (C=O) groups excluding carboxylic acids is 1. The fourth-order valence-electron chi connectivity index (χ4n) is 3.52. The molecule has 7 heteroatoms. The summed E-state index contributed by atoms with van der Waals surface area (Å²) in [5, 5.41) is 0. The normalized spacial score (nSPS) is 23.6. The maximum atomic E-state index is 12.5. The lowest BCUT2D eigenvalue weighted by molar-refractivity contribution is -0.136. The first-order valence-corrected chi connectivity index (χ1v) is 10.6. The molecule has 2 aliphatic rings. The van der Waals surface area contributed by atoms with E-state index in [0.717, 1.165) is 31.8 Å². The number of ether oxygens (including phenoxy) is 1. The van der Waals surface area contributed by atoms with Gasteiger partial charge in [0.2, 0.25) is 5.91 Å². The molecule has 0 saturated carbocycles.